The first-order chi connectivity index (χ1) is 16.3. The Balaban J connectivity index is 1.68. The van der Waals surface area contributed by atoms with Crippen molar-refractivity contribution in [1.82, 2.24) is 0 Å². The molecule has 0 amide bonds. The van der Waals surface area contributed by atoms with E-state index < -0.39 is 0 Å². The van der Waals surface area contributed by atoms with Crippen LogP contribution in [0.4, 0.5) is 0 Å². The van der Waals surface area contributed by atoms with Gasteiger partial charge >= 0.3 is 0 Å². The van der Waals surface area contributed by atoms with Crippen LogP contribution in [0.15, 0.2) is 103 Å². The average molecular weight is 435 g/mol. The van der Waals surface area contributed by atoms with Gasteiger partial charge in [-0.3, -0.25) is 0 Å². The second-order valence-electron chi connectivity index (χ2n) is 9.43. The minimum Gasteiger partial charge on any atom is -0.490 e. The second kappa shape index (κ2) is 9.43. The number of hydrogen-bond donors (Lipinski definition) is 0. The van der Waals surface area contributed by atoms with E-state index >= 15 is 0 Å². The van der Waals surface area contributed by atoms with E-state index in [1.165, 1.54) is 42.4 Å². The summed E-state index contributed by atoms with van der Waals surface area (Å²) in [4.78, 5) is 0. The normalized spacial score (nSPS) is 21.6. The lowest BCUT2D eigenvalue weighted by atomic mass is 9.63. The first-order valence-corrected chi connectivity index (χ1v) is 12.5. The van der Waals surface area contributed by atoms with Crippen molar-refractivity contribution in [2.45, 2.75) is 56.8 Å². The molecule has 1 atom stereocenters. The Morgan fingerprint density at radius 3 is 2.42 bits per heavy atom. The summed E-state index contributed by atoms with van der Waals surface area (Å²) in [7, 11) is 0. The summed E-state index contributed by atoms with van der Waals surface area (Å²) in [6.07, 6.45) is 18.1. The summed E-state index contributed by atoms with van der Waals surface area (Å²) in [6, 6.07) is 18.1. The lowest BCUT2D eigenvalue weighted by molar-refractivity contribution is 0.363. The number of hydrogen-bond acceptors (Lipinski definition) is 1. The fourth-order valence-corrected chi connectivity index (χ4v) is 6.18. The third-order valence-corrected chi connectivity index (χ3v) is 7.62. The molecule has 0 saturated heterocycles. The van der Waals surface area contributed by atoms with Crippen molar-refractivity contribution in [2.24, 2.45) is 0 Å². The van der Waals surface area contributed by atoms with Crippen LogP contribution in [-0.2, 0) is 5.41 Å². The van der Waals surface area contributed by atoms with Gasteiger partial charge in [0, 0.05) is 0 Å². The predicted octanol–water partition coefficient (Wildman–Crippen LogP) is 8.49. The van der Waals surface area contributed by atoms with Crippen LogP contribution >= 0.6 is 0 Å². The van der Waals surface area contributed by atoms with E-state index in [9.17, 15) is 0 Å². The summed E-state index contributed by atoms with van der Waals surface area (Å²) in [5.41, 5.74) is 10.5. The number of rotatable bonds is 8. The zero-order valence-corrected chi connectivity index (χ0v) is 19.6. The van der Waals surface area contributed by atoms with E-state index in [0.29, 0.717) is 6.61 Å². The van der Waals surface area contributed by atoms with Gasteiger partial charge in [0.05, 0.1) is 5.41 Å². The van der Waals surface area contributed by atoms with Crippen molar-refractivity contribution >= 4 is 5.57 Å². The molecule has 1 heteroatoms. The largest absolute Gasteiger partial charge is 0.490 e. The van der Waals surface area contributed by atoms with E-state index in [1.54, 1.807) is 28.4 Å². The predicted molar refractivity (Wildman–Crippen MR) is 140 cm³/mol. The molecule has 1 unspecified atom stereocenters. The summed E-state index contributed by atoms with van der Waals surface area (Å²) in [5, 5.41) is 0. The van der Waals surface area contributed by atoms with Gasteiger partial charge in [0.1, 0.15) is 12.4 Å². The van der Waals surface area contributed by atoms with E-state index in [2.05, 4.69) is 73.8 Å². The molecule has 0 heterocycles. The van der Waals surface area contributed by atoms with Crippen LogP contribution in [0, 0.1) is 0 Å². The molecule has 0 saturated carbocycles. The van der Waals surface area contributed by atoms with Crippen molar-refractivity contribution in [2.75, 3.05) is 6.61 Å². The molecule has 33 heavy (non-hydrogen) atoms. The van der Waals surface area contributed by atoms with Crippen LogP contribution in [-0.4, -0.2) is 6.61 Å². The van der Waals surface area contributed by atoms with Crippen molar-refractivity contribution in [3.8, 4) is 5.75 Å². The maximum absolute atomic E-state index is 5.82. The maximum Gasteiger partial charge on any atom is 0.119 e. The van der Waals surface area contributed by atoms with Gasteiger partial charge in [-0.1, -0.05) is 78.4 Å². The van der Waals surface area contributed by atoms with Crippen molar-refractivity contribution < 1.29 is 4.74 Å². The molecule has 1 nitrogen and oxygen atoms in total. The molecule has 5 rings (SSSR count). The minimum absolute atomic E-state index is 0.149. The Bertz CT molecular complexity index is 1140. The molecular formula is C32H34O. The molecule has 0 bridgehead atoms. The first-order valence-electron chi connectivity index (χ1n) is 12.5. The fourth-order valence-electron chi connectivity index (χ4n) is 6.18. The maximum atomic E-state index is 5.82. The fraction of sp³-hybridized carbons (Fsp3) is 0.312. The quantitative estimate of drug-likeness (QED) is 0.378. The van der Waals surface area contributed by atoms with Gasteiger partial charge in [-0.05, 0) is 91.3 Å². The molecule has 0 aliphatic heterocycles. The molecule has 0 fully saturated rings. The second-order valence-corrected chi connectivity index (χ2v) is 9.43. The Morgan fingerprint density at radius 2 is 1.67 bits per heavy atom. The Morgan fingerprint density at radius 1 is 0.848 bits per heavy atom. The zero-order chi connectivity index (χ0) is 22.7. The van der Waals surface area contributed by atoms with Crippen LogP contribution in [0.3, 0.4) is 0 Å². The van der Waals surface area contributed by atoms with Crippen LogP contribution in [0.1, 0.15) is 68.1 Å². The summed E-state index contributed by atoms with van der Waals surface area (Å²) in [5.74, 6) is 0.905. The lowest BCUT2D eigenvalue weighted by Crippen LogP contribution is -2.32. The van der Waals surface area contributed by atoms with Gasteiger partial charge in [-0.15, -0.1) is 6.58 Å². The van der Waals surface area contributed by atoms with E-state index in [4.69, 9.17) is 4.74 Å². The van der Waals surface area contributed by atoms with E-state index in [1.807, 2.05) is 6.08 Å². The minimum atomic E-state index is -0.149. The number of fused-ring (bicyclic) bond motifs is 2. The first kappa shape index (κ1) is 21.8. The van der Waals surface area contributed by atoms with Gasteiger partial charge in [0.15, 0.2) is 0 Å². The molecule has 168 valence electrons. The van der Waals surface area contributed by atoms with E-state index in [0.717, 1.165) is 31.4 Å². The highest BCUT2D eigenvalue weighted by molar-refractivity contribution is 5.86. The van der Waals surface area contributed by atoms with Crippen LogP contribution < -0.4 is 4.74 Å². The van der Waals surface area contributed by atoms with Crippen LogP contribution in [0.2, 0.25) is 0 Å². The molecule has 2 aromatic rings. The standard InChI is InChI=1S/C32H34O/c1-3-5-10-24-15-17-25(18-16-24)32(26-19-21-27(22-20-26)33-23-4-2)30-13-8-6-11-28(30)29-12-7-9-14-31(29)32/h3-4,6,8,11,13,15,17,19-22H,1-2,5,7,9-10,12,14,16,18,23H2. The Kier molecular flexibility index (Phi) is 6.22. The number of ether oxygens (including phenoxy) is 1. The molecule has 3 aliphatic rings. The third kappa shape index (κ3) is 3.74. The number of allylic oxidation sites excluding steroid dienone is 7. The monoisotopic (exact) mass is 434 g/mol. The number of benzene rings is 2. The van der Waals surface area contributed by atoms with Crippen LogP contribution in [0.25, 0.3) is 5.57 Å². The average Bonchev–Trinajstić information content (AvgIpc) is 3.18. The van der Waals surface area contributed by atoms with Gasteiger partial charge in [-0.2, -0.15) is 0 Å². The van der Waals surface area contributed by atoms with Crippen molar-refractivity contribution in [3.63, 3.8) is 0 Å². The summed E-state index contributed by atoms with van der Waals surface area (Å²) < 4.78 is 5.82. The van der Waals surface area contributed by atoms with Gasteiger partial charge in [0.25, 0.3) is 0 Å². The van der Waals surface area contributed by atoms with Crippen LogP contribution in [0.5, 0.6) is 5.75 Å². The topological polar surface area (TPSA) is 9.23 Å². The Hall–Kier alpha value is -3.06. The lowest BCUT2D eigenvalue weighted by Gasteiger charge is -2.40. The third-order valence-electron chi connectivity index (χ3n) is 7.62. The van der Waals surface area contributed by atoms with Crippen molar-refractivity contribution in [1.29, 1.82) is 0 Å². The highest BCUT2D eigenvalue weighted by Crippen LogP contribution is 2.59. The van der Waals surface area contributed by atoms with Gasteiger partial charge < -0.3 is 4.74 Å². The highest BCUT2D eigenvalue weighted by atomic mass is 16.5. The van der Waals surface area contributed by atoms with Crippen molar-refractivity contribution in [3.05, 3.63) is 119 Å². The molecule has 0 radical (unpaired) electrons. The van der Waals surface area contributed by atoms with Gasteiger partial charge in [-0.25, -0.2) is 0 Å². The molecule has 0 spiro atoms. The smallest absolute Gasteiger partial charge is 0.119 e. The van der Waals surface area contributed by atoms with E-state index in [-0.39, 0.29) is 5.41 Å². The molecule has 2 aromatic carbocycles. The Labute approximate surface area is 198 Å². The molecule has 0 N–H and O–H groups in total. The van der Waals surface area contributed by atoms with Gasteiger partial charge in [0.2, 0.25) is 0 Å². The molecular weight excluding hydrogens is 400 g/mol. The summed E-state index contributed by atoms with van der Waals surface area (Å²) >= 11 is 0. The SMILES string of the molecule is C=CCCC1=CC=C(C2(c3ccc(OCC=C)cc3)C3=C(CCCC3)c3ccccc32)CC1. The zero-order valence-electron chi connectivity index (χ0n) is 19.6. The molecule has 0 aromatic heterocycles. The summed E-state index contributed by atoms with van der Waals surface area (Å²) in [6.45, 7) is 8.21. The molecule has 3 aliphatic carbocycles. The highest BCUT2D eigenvalue weighted by Gasteiger charge is 2.48.